The Bertz CT molecular complexity index is 601. The highest BCUT2D eigenvalue weighted by atomic mass is 32.2. The van der Waals surface area contributed by atoms with Crippen molar-refractivity contribution in [3.63, 3.8) is 0 Å². The first-order chi connectivity index (χ1) is 10.0. The van der Waals surface area contributed by atoms with Gasteiger partial charge in [-0.15, -0.1) is 11.3 Å². The number of nitrogens with one attached hydrogen (secondary N) is 1. The van der Waals surface area contributed by atoms with Crippen LogP contribution in [0.25, 0.3) is 11.3 Å². The van der Waals surface area contributed by atoms with Crippen molar-refractivity contribution >= 4 is 23.1 Å². The van der Waals surface area contributed by atoms with Gasteiger partial charge in [-0.25, -0.2) is 4.98 Å². The second kappa shape index (κ2) is 5.98. The topological polar surface area (TPSA) is 24.9 Å². The zero-order valence-corrected chi connectivity index (χ0v) is 12.6. The Morgan fingerprint density at radius 2 is 1.95 bits per heavy atom. The monoisotopic (exact) mass is 330 g/mol. The molecule has 1 fully saturated rings. The Kier molecular flexibility index (Phi) is 4.24. The van der Waals surface area contributed by atoms with E-state index in [1.807, 2.05) is 17.1 Å². The molecule has 0 saturated carbocycles. The van der Waals surface area contributed by atoms with Crippen LogP contribution in [0.3, 0.4) is 0 Å². The molecular weight excluding hydrogens is 317 g/mol. The minimum absolute atomic E-state index is 0.247. The van der Waals surface area contributed by atoms with Crippen molar-refractivity contribution in [1.82, 2.24) is 10.3 Å². The van der Waals surface area contributed by atoms with E-state index in [0.717, 1.165) is 40.9 Å². The molecule has 2 aromatic rings. The van der Waals surface area contributed by atoms with Gasteiger partial charge in [0.25, 0.3) is 0 Å². The number of thioether (sulfide) groups is 1. The summed E-state index contributed by atoms with van der Waals surface area (Å²) >= 11 is 3.44. The molecule has 2 nitrogen and oxygen atoms in total. The fourth-order valence-electron chi connectivity index (χ4n) is 2.13. The van der Waals surface area contributed by atoms with Crippen molar-refractivity contribution in [1.29, 1.82) is 0 Å². The van der Waals surface area contributed by atoms with Crippen LogP contribution < -0.4 is 5.32 Å². The van der Waals surface area contributed by atoms with E-state index in [1.54, 1.807) is 11.3 Å². The number of nitrogens with zero attached hydrogens (tertiary/aromatic N) is 1. The SMILES string of the molecule is FC(F)(F)c1ccc(-c2csc(C3CSCCN3)n2)cc1. The number of rotatable bonds is 2. The minimum atomic E-state index is -4.30. The highest BCUT2D eigenvalue weighted by Crippen LogP contribution is 2.32. The van der Waals surface area contributed by atoms with E-state index < -0.39 is 11.7 Å². The van der Waals surface area contributed by atoms with Crippen molar-refractivity contribution in [3.05, 3.63) is 40.2 Å². The number of thiazole rings is 1. The number of alkyl halides is 3. The minimum Gasteiger partial charge on any atom is -0.306 e. The van der Waals surface area contributed by atoms with Gasteiger partial charge in [0.2, 0.25) is 0 Å². The molecule has 3 rings (SSSR count). The molecule has 0 radical (unpaired) electrons. The number of halogens is 3. The molecule has 0 bridgehead atoms. The molecule has 0 spiro atoms. The van der Waals surface area contributed by atoms with Crippen LogP contribution in [0.15, 0.2) is 29.6 Å². The van der Waals surface area contributed by atoms with Crippen molar-refractivity contribution in [2.45, 2.75) is 12.2 Å². The fourth-order valence-corrected chi connectivity index (χ4v) is 4.08. The molecule has 1 N–H and O–H groups in total. The summed E-state index contributed by atoms with van der Waals surface area (Å²) in [6.45, 7) is 0.963. The maximum atomic E-state index is 12.5. The summed E-state index contributed by atoms with van der Waals surface area (Å²) in [7, 11) is 0. The van der Waals surface area contributed by atoms with Crippen molar-refractivity contribution in [2.75, 3.05) is 18.1 Å². The zero-order valence-electron chi connectivity index (χ0n) is 11.0. The van der Waals surface area contributed by atoms with E-state index in [2.05, 4.69) is 10.3 Å². The van der Waals surface area contributed by atoms with Gasteiger partial charge in [-0.2, -0.15) is 24.9 Å². The molecule has 1 aromatic heterocycles. The summed E-state index contributed by atoms with van der Waals surface area (Å²) < 4.78 is 37.6. The molecular formula is C14H13F3N2S2. The van der Waals surface area contributed by atoms with E-state index in [9.17, 15) is 13.2 Å². The van der Waals surface area contributed by atoms with Gasteiger partial charge in [-0.05, 0) is 12.1 Å². The van der Waals surface area contributed by atoms with Crippen LogP contribution in [-0.4, -0.2) is 23.0 Å². The average Bonchev–Trinajstić information content (AvgIpc) is 2.97. The van der Waals surface area contributed by atoms with Gasteiger partial charge in [-0.3, -0.25) is 0 Å². The third kappa shape index (κ3) is 3.41. The highest BCUT2D eigenvalue weighted by molar-refractivity contribution is 7.99. The first-order valence-corrected chi connectivity index (χ1v) is 8.51. The Labute approximate surface area is 128 Å². The third-order valence-electron chi connectivity index (χ3n) is 3.25. The van der Waals surface area contributed by atoms with Crippen LogP contribution in [0, 0.1) is 0 Å². The predicted molar refractivity (Wildman–Crippen MR) is 80.6 cm³/mol. The quantitative estimate of drug-likeness (QED) is 0.893. The summed E-state index contributed by atoms with van der Waals surface area (Å²) in [6.07, 6.45) is -4.30. The molecule has 0 aliphatic carbocycles. The molecule has 0 amide bonds. The summed E-state index contributed by atoms with van der Waals surface area (Å²) in [5.74, 6) is 2.09. The van der Waals surface area contributed by atoms with Gasteiger partial charge in [0.05, 0.1) is 17.3 Å². The van der Waals surface area contributed by atoms with Crippen LogP contribution in [-0.2, 0) is 6.18 Å². The molecule has 1 aliphatic heterocycles. The highest BCUT2D eigenvalue weighted by Gasteiger charge is 2.30. The Hall–Kier alpha value is -1.05. The predicted octanol–water partition coefficient (Wildman–Crippen LogP) is 4.21. The van der Waals surface area contributed by atoms with E-state index in [-0.39, 0.29) is 6.04 Å². The number of hydrogen-bond acceptors (Lipinski definition) is 4. The lowest BCUT2D eigenvalue weighted by atomic mass is 10.1. The van der Waals surface area contributed by atoms with Crippen LogP contribution >= 0.6 is 23.1 Å². The van der Waals surface area contributed by atoms with Gasteiger partial charge < -0.3 is 5.32 Å². The van der Waals surface area contributed by atoms with Gasteiger partial charge in [-0.1, -0.05) is 12.1 Å². The second-order valence-electron chi connectivity index (χ2n) is 4.73. The van der Waals surface area contributed by atoms with E-state index in [0.29, 0.717) is 5.56 Å². The van der Waals surface area contributed by atoms with Crippen molar-refractivity contribution < 1.29 is 13.2 Å². The average molecular weight is 330 g/mol. The van der Waals surface area contributed by atoms with E-state index >= 15 is 0 Å². The first kappa shape index (κ1) is 14.9. The lowest BCUT2D eigenvalue weighted by Crippen LogP contribution is -2.30. The van der Waals surface area contributed by atoms with Gasteiger partial charge in [0.15, 0.2) is 0 Å². The smallest absolute Gasteiger partial charge is 0.306 e. The van der Waals surface area contributed by atoms with Crippen LogP contribution in [0.4, 0.5) is 13.2 Å². The maximum absolute atomic E-state index is 12.5. The molecule has 1 aliphatic rings. The molecule has 2 heterocycles. The summed E-state index contributed by atoms with van der Waals surface area (Å²) in [6, 6.07) is 5.40. The molecule has 21 heavy (non-hydrogen) atoms. The molecule has 1 unspecified atom stereocenters. The Balaban J connectivity index is 1.79. The number of hydrogen-bond donors (Lipinski definition) is 1. The standard InChI is InChI=1S/C14H13F3N2S2/c15-14(16,17)10-3-1-9(2-4-10)11-8-21-13(19-11)12-7-20-6-5-18-12/h1-4,8,12,18H,5-7H2. The lowest BCUT2D eigenvalue weighted by molar-refractivity contribution is -0.137. The van der Waals surface area contributed by atoms with Gasteiger partial charge in [0.1, 0.15) is 5.01 Å². The van der Waals surface area contributed by atoms with Crippen molar-refractivity contribution in [2.24, 2.45) is 0 Å². The summed E-state index contributed by atoms with van der Waals surface area (Å²) in [4.78, 5) is 4.56. The Morgan fingerprint density at radius 1 is 1.19 bits per heavy atom. The van der Waals surface area contributed by atoms with Crippen molar-refractivity contribution in [3.8, 4) is 11.3 Å². The van der Waals surface area contributed by atoms with Crippen LogP contribution in [0.1, 0.15) is 16.6 Å². The third-order valence-corrected chi connectivity index (χ3v) is 5.27. The van der Waals surface area contributed by atoms with Gasteiger partial charge >= 0.3 is 6.18 Å². The van der Waals surface area contributed by atoms with Crippen LogP contribution in [0.5, 0.6) is 0 Å². The number of benzene rings is 1. The largest absolute Gasteiger partial charge is 0.416 e. The van der Waals surface area contributed by atoms with E-state index in [4.69, 9.17) is 0 Å². The first-order valence-electron chi connectivity index (χ1n) is 6.48. The van der Waals surface area contributed by atoms with E-state index in [1.165, 1.54) is 12.1 Å². The zero-order chi connectivity index (χ0) is 14.9. The lowest BCUT2D eigenvalue weighted by Gasteiger charge is -2.20. The summed E-state index contributed by atoms with van der Waals surface area (Å²) in [5.41, 5.74) is 0.821. The molecule has 1 saturated heterocycles. The van der Waals surface area contributed by atoms with Gasteiger partial charge in [0, 0.05) is 29.0 Å². The van der Waals surface area contributed by atoms with Crippen LogP contribution in [0.2, 0.25) is 0 Å². The molecule has 1 atom stereocenters. The maximum Gasteiger partial charge on any atom is 0.416 e. The Morgan fingerprint density at radius 3 is 2.57 bits per heavy atom. The second-order valence-corrected chi connectivity index (χ2v) is 6.77. The molecule has 1 aromatic carbocycles. The number of aromatic nitrogens is 1. The molecule has 112 valence electrons. The fraction of sp³-hybridized carbons (Fsp3) is 0.357. The summed E-state index contributed by atoms with van der Waals surface area (Å²) in [5, 5.41) is 6.31. The molecule has 7 heteroatoms. The normalized spacial score (nSPS) is 19.7.